The Morgan fingerprint density at radius 2 is 1.73 bits per heavy atom. The van der Waals surface area contributed by atoms with E-state index in [1.54, 1.807) is 42.5 Å². The van der Waals surface area contributed by atoms with E-state index < -0.39 is 29.4 Å². The molecule has 0 saturated heterocycles. The number of rotatable bonds is 8. The molecule has 8 nitrogen and oxygen atoms in total. The third-order valence-corrected chi connectivity index (χ3v) is 5.78. The van der Waals surface area contributed by atoms with Crippen LogP contribution < -0.4 is 16.4 Å². The quantitative estimate of drug-likeness (QED) is 0.218. The van der Waals surface area contributed by atoms with Crippen molar-refractivity contribution in [3.8, 4) is 23.5 Å². The number of hydrogen-bond donors (Lipinski definition) is 3. The molecule has 0 saturated carbocycles. The van der Waals surface area contributed by atoms with Gasteiger partial charge in [-0.1, -0.05) is 24.1 Å². The molecule has 0 unspecified atom stereocenters. The molecule has 2 amide bonds. The van der Waals surface area contributed by atoms with E-state index >= 15 is 0 Å². The predicted molar refractivity (Wildman–Crippen MR) is 145 cm³/mol. The molecule has 3 aromatic carbocycles. The molecule has 1 heterocycles. The Morgan fingerprint density at radius 3 is 2.48 bits per heavy atom. The Hall–Kier alpha value is -5.40. The number of anilines is 2. The van der Waals surface area contributed by atoms with Gasteiger partial charge < -0.3 is 21.1 Å². The Labute approximate surface area is 228 Å². The number of amides is 2. The van der Waals surface area contributed by atoms with Crippen molar-refractivity contribution in [1.29, 1.82) is 0 Å². The fourth-order valence-corrected chi connectivity index (χ4v) is 3.82. The lowest BCUT2D eigenvalue weighted by molar-refractivity contribution is 0.0556. The van der Waals surface area contributed by atoms with E-state index in [-0.39, 0.29) is 35.5 Å². The summed E-state index contributed by atoms with van der Waals surface area (Å²) >= 11 is 0. The summed E-state index contributed by atoms with van der Waals surface area (Å²) in [6, 6.07) is 16.1. The van der Waals surface area contributed by atoms with Gasteiger partial charge in [0.15, 0.2) is 12.4 Å². The third kappa shape index (κ3) is 6.35. The summed E-state index contributed by atoms with van der Waals surface area (Å²) in [6.07, 6.45) is 7.43. The molecule has 1 aromatic heterocycles. The molecule has 0 radical (unpaired) electrons. The van der Waals surface area contributed by atoms with E-state index in [4.69, 9.17) is 16.9 Å². The maximum Gasteiger partial charge on any atom is 0.339 e. The van der Waals surface area contributed by atoms with Crippen molar-refractivity contribution in [3.05, 3.63) is 113 Å². The van der Waals surface area contributed by atoms with Gasteiger partial charge in [0.1, 0.15) is 5.82 Å². The number of hydrogen-bond acceptors (Lipinski definition) is 6. The molecule has 4 N–H and O–H groups in total. The van der Waals surface area contributed by atoms with Crippen molar-refractivity contribution < 1.29 is 27.9 Å². The van der Waals surface area contributed by atoms with Crippen molar-refractivity contribution in [1.82, 2.24) is 4.98 Å². The second-order valence-corrected chi connectivity index (χ2v) is 8.40. The number of carbonyl (C=O) groups is 3. The van der Waals surface area contributed by atoms with E-state index in [0.29, 0.717) is 22.4 Å². The highest BCUT2D eigenvalue weighted by Gasteiger charge is 2.18. The van der Waals surface area contributed by atoms with Crippen LogP contribution in [0.5, 0.6) is 0 Å². The summed E-state index contributed by atoms with van der Waals surface area (Å²) in [7, 11) is 0. The number of esters is 1. The van der Waals surface area contributed by atoms with Gasteiger partial charge in [-0.3, -0.25) is 14.6 Å². The number of halogens is 2. The molecule has 40 heavy (non-hydrogen) atoms. The molecule has 0 fully saturated rings. The maximum atomic E-state index is 14.5. The van der Waals surface area contributed by atoms with Gasteiger partial charge in [0.25, 0.3) is 11.8 Å². The lowest BCUT2D eigenvalue weighted by atomic mass is 9.96. The summed E-state index contributed by atoms with van der Waals surface area (Å²) in [6.45, 7) is -0.112. The highest BCUT2D eigenvalue weighted by molar-refractivity contribution is 6.07. The van der Waals surface area contributed by atoms with E-state index in [1.807, 2.05) is 0 Å². The first-order valence-electron chi connectivity index (χ1n) is 11.9. The zero-order valence-electron chi connectivity index (χ0n) is 20.9. The fourth-order valence-electron chi connectivity index (χ4n) is 3.82. The molecule has 0 aliphatic heterocycles. The number of nitrogens with one attached hydrogen (secondary N) is 2. The number of nitrogens with zero attached hydrogens (tertiary/aromatic N) is 1. The molecule has 4 rings (SSSR count). The maximum absolute atomic E-state index is 14.5. The molecular formula is C30H22F2N4O4. The average Bonchev–Trinajstić information content (AvgIpc) is 2.97. The SMILES string of the molecule is C#CCOC(=O)c1ccc(F)c(C(=O)Nc2cccc(-c3cc(C(=O)Nc4ccncc4F)ccc3CN)c2)c1. The lowest BCUT2D eigenvalue weighted by Crippen LogP contribution is -2.15. The molecule has 0 spiro atoms. The van der Waals surface area contributed by atoms with Gasteiger partial charge in [0, 0.05) is 24.0 Å². The van der Waals surface area contributed by atoms with Crippen molar-refractivity contribution in [2.24, 2.45) is 5.73 Å². The van der Waals surface area contributed by atoms with Gasteiger partial charge in [0.05, 0.1) is 23.0 Å². The van der Waals surface area contributed by atoms with Crippen LogP contribution in [0.25, 0.3) is 11.1 Å². The summed E-state index contributed by atoms with van der Waals surface area (Å²) < 4.78 is 33.2. The first-order chi connectivity index (χ1) is 19.3. The van der Waals surface area contributed by atoms with Crippen LogP contribution in [0.3, 0.4) is 0 Å². The monoisotopic (exact) mass is 540 g/mol. The fraction of sp³-hybridized carbons (Fsp3) is 0.0667. The second-order valence-electron chi connectivity index (χ2n) is 8.40. The Morgan fingerprint density at radius 1 is 0.925 bits per heavy atom. The van der Waals surface area contributed by atoms with Gasteiger partial charge in [-0.15, -0.1) is 6.42 Å². The van der Waals surface area contributed by atoms with E-state index in [1.165, 1.54) is 18.3 Å². The highest BCUT2D eigenvalue weighted by atomic mass is 19.1. The van der Waals surface area contributed by atoms with Gasteiger partial charge in [0.2, 0.25) is 0 Å². The first-order valence-corrected chi connectivity index (χ1v) is 11.9. The average molecular weight is 541 g/mol. The Balaban J connectivity index is 1.59. The topological polar surface area (TPSA) is 123 Å². The molecule has 200 valence electrons. The number of benzene rings is 3. The Kier molecular flexibility index (Phi) is 8.59. The standard InChI is InChI=1S/C30H22F2N4O4/c1-2-12-40-30(39)20-8-9-25(31)24(15-20)29(38)35-22-5-3-4-18(13-22)23-14-19(6-7-21(23)16-33)28(37)36-27-10-11-34-17-26(27)32/h1,3-11,13-15,17H,12,16,33H2,(H,35,38)(H,34,36,37). The van der Waals surface area contributed by atoms with Crippen LogP contribution in [0, 0.1) is 24.0 Å². The van der Waals surface area contributed by atoms with E-state index in [9.17, 15) is 23.2 Å². The lowest BCUT2D eigenvalue weighted by Gasteiger charge is -2.13. The molecule has 10 heteroatoms. The van der Waals surface area contributed by atoms with Crippen LogP contribution in [0.1, 0.15) is 36.6 Å². The molecule has 4 aromatic rings. The molecule has 0 aliphatic carbocycles. The van der Waals surface area contributed by atoms with Crippen LogP contribution >= 0.6 is 0 Å². The van der Waals surface area contributed by atoms with Crippen LogP contribution in [-0.4, -0.2) is 29.4 Å². The molecule has 0 bridgehead atoms. The van der Waals surface area contributed by atoms with Crippen molar-refractivity contribution >= 4 is 29.2 Å². The first kappa shape index (κ1) is 27.6. The number of carbonyl (C=O) groups excluding carboxylic acids is 3. The summed E-state index contributed by atoms with van der Waals surface area (Å²) in [5.41, 5.74) is 7.97. The Bertz CT molecular complexity index is 1650. The number of nitrogens with two attached hydrogens (primary N) is 1. The number of ether oxygens (including phenoxy) is 1. The molecule has 0 aliphatic rings. The second kappa shape index (κ2) is 12.4. The smallest absolute Gasteiger partial charge is 0.339 e. The van der Waals surface area contributed by atoms with Gasteiger partial charge in [-0.05, 0) is 65.2 Å². The molecular weight excluding hydrogens is 518 g/mol. The van der Waals surface area contributed by atoms with Crippen molar-refractivity contribution in [2.75, 3.05) is 17.2 Å². The van der Waals surface area contributed by atoms with E-state index in [2.05, 4.69) is 21.5 Å². The third-order valence-electron chi connectivity index (χ3n) is 5.78. The number of aromatic nitrogens is 1. The van der Waals surface area contributed by atoms with Crippen molar-refractivity contribution in [3.63, 3.8) is 0 Å². The van der Waals surface area contributed by atoms with Gasteiger partial charge in [-0.2, -0.15) is 0 Å². The molecule has 0 atom stereocenters. The largest absolute Gasteiger partial charge is 0.449 e. The van der Waals surface area contributed by atoms with Gasteiger partial charge >= 0.3 is 5.97 Å². The van der Waals surface area contributed by atoms with Crippen LogP contribution in [0.4, 0.5) is 20.2 Å². The minimum Gasteiger partial charge on any atom is -0.449 e. The summed E-state index contributed by atoms with van der Waals surface area (Å²) in [5, 5.41) is 5.12. The van der Waals surface area contributed by atoms with E-state index in [0.717, 1.165) is 18.3 Å². The minimum absolute atomic E-state index is 0.0187. The minimum atomic E-state index is -0.836. The summed E-state index contributed by atoms with van der Waals surface area (Å²) in [5.74, 6) is -1.49. The van der Waals surface area contributed by atoms with Crippen LogP contribution in [0.15, 0.2) is 79.1 Å². The van der Waals surface area contributed by atoms with Crippen LogP contribution in [-0.2, 0) is 11.3 Å². The zero-order chi connectivity index (χ0) is 28.6. The zero-order valence-corrected chi connectivity index (χ0v) is 20.9. The van der Waals surface area contributed by atoms with Crippen molar-refractivity contribution in [2.45, 2.75) is 6.54 Å². The summed E-state index contributed by atoms with van der Waals surface area (Å²) in [4.78, 5) is 41.4. The van der Waals surface area contributed by atoms with Gasteiger partial charge in [-0.25, -0.2) is 13.6 Å². The highest BCUT2D eigenvalue weighted by Crippen LogP contribution is 2.28. The normalized spacial score (nSPS) is 10.3. The van der Waals surface area contributed by atoms with Crippen LogP contribution in [0.2, 0.25) is 0 Å². The predicted octanol–water partition coefficient (Wildman–Crippen LogP) is 4.78. The number of pyridine rings is 1. The number of terminal acetylenes is 1.